The van der Waals surface area contributed by atoms with Crippen LogP contribution in [0.2, 0.25) is 0 Å². The summed E-state index contributed by atoms with van der Waals surface area (Å²) in [5.41, 5.74) is 1.84. The molecule has 0 spiro atoms. The van der Waals surface area contributed by atoms with Crippen molar-refractivity contribution >= 4 is 29.0 Å². The highest BCUT2D eigenvalue weighted by Crippen LogP contribution is 2.22. The molecule has 5 nitrogen and oxygen atoms in total. The highest BCUT2D eigenvalue weighted by molar-refractivity contribution is 7.71. The van der Waals surface area contributed by atoms with Crippen LogP contribution in [-0.2, 0) is 0 Å². The average molecular weight is 367 g/mol. The van der Waals surface area contributed by atoms with E-state index in [1.165, 1.54) is 0 Å². The first-order valence-corrected chi connectivity index (χ1v) is 8.97. The van der Waals surface area contributed by atoms with Gasteiger partial charge in [0.15, 0.2) is 4.77 Å². The van der Waals surface area contributed by atoms with Crippen molar-refractivity contribution in [2.75, 3.05) is 0 Å². The van der Waals surface area contributed by atoms with Gasteiger partial charge in [0.1, 0.15) is 0 Å². The standard InChI is InChI=1S/C20H21N3O2S/c1-12(2)10-16(13-6-4-3-5-7-13)21-18(24)14-8-9-15-17(11-14)22-20(26)23-19(15)25/h3-9,11-12,16H,10H2,1-2H3,(H,21,24)(H2,22,23,25,26)/t16-/m1/s1. The number of hydrogen-bond acceptors (Lipinski definition) is 3. The maximum atomic E-state index is 12.8. The first-order chi connectivity index (χ1) is 12.4. The van der Waals surface area contributed by atoms with E-state index in [9.17, 15) is 9.59 Å². The minimum atomic E-state index is -0.266. The molecule has 1 aromatic heterocycles. The SMILES string of the molecule is CC(C)C[C@@H](NC(=O)c1ccc2c(=O)[nH]c(=S)[nH]c2c1)c1ccccc1. The van der Waals surface area contributed by atoms with Gasteiger partial charge in [0.2, 0.25) is 0 Å². The van der Waals surface area contributed by atoms with E-state index in [1.807, 2.05) is 30.3 Å². The Kier molecular flexibility index (Phi) is 5.32. The molecule has 3 aromatic rings. The van der Waals surface area contributed by atoms with E-state index in [1.54, 1.807) is 18.2 Å². The Bertz CT molecular complexity index is 1040. The Balaban J connectivity index is 1.91. The third kappa shape index (κ3) is 4.08. The second-order valence-corrected chi connectivity index (χ2v) is 7.14. The van der Waals surface area contributed by atoms with E-state index in [4.69, 9.17) is 12.2 Å². The van der Waals surface area contributed by atoms with Gasteiger partial charge < -0.3 is 10.3 Å². The average Bonchev–Trinajstić information content (AvgIpc) is 2.60. The van der Waals surface area contributed by atoms with Crippen molar-refractivity contribution in [3.05, 3.63) is 74.8 Å². The van der Waals surface area contributed by atoms with Crippen molar-refractivity contribution in [1.82, 2.24) is 15.3 Å². The zero-order valence-corrected chi connectivity index (χ0v) is 15.5. The first-order valence-electron chi connectivity index (χ1n) is 8.56. The molecule has 0 aliphatic heterocycles. The molecule has 6 heteroatoms. The molecule has 0 saturated carbocycles. The molecule has 0 unspecified atom stereocenters. The van der Waals surface area contributed by atoms with E-state index < -0.39 is 0 Å². The third-order valence-electron chi connectivity index (χ3n) is 4.22. The normalized spacial score (nSPS) is 12.3. The van der Waals surface area contributed by atoms with Gasteiger partial charge in [-0.25, -0.2) is 0 Å². The van der Waals surface area contributed by atoms with Crippen LogP contribution in [0.25, 0.3) is 10.9 Å². The number of amides is 1. The van der Waals surface area contributed by atoms with Gasteiger partial charge in [-0.2, -0.15) is 0 Å². The molecule has 0 aliphatic rings. The van der Waals surface area contributed by atoms with E-state index in [-0.39, 0.29) is 22.3 Å². The fourth-order valence-corrected chi connectivity index (χ4v) is 3.19. The lowest BCUT2D eigenvalue weighted by atomic mass is 9.96. The van der Waals surface area contributed by atoms with Crippen LogP contribution in [0.15, 0.2) is 53.3 Å². The molecular weight excluding hydrogens is 346 g/mol. The number of aromatic nitrogens is 2. The quantitative estimate of drug-likeness (QED) is 0.594. The Morgan fingerprint density at radius 2 is 1.85 bits per heavy atom. The molecular formula is C20H21N3O2S. The Morgan fingerprint density at radius 3 is 2.54 bits per heavy atom. The smallest absolute Gasteiger partial charge is 0.259 e. The van der Waals surface area contributed by atoms with E-state index in [0.29, 0.717) is 22.4 Å². The van der Waals surface area contributed by atoms with Gasteiger partial charge in [0, 0.05) is 5.56 Å². The van der Waals surface area contributed by atoms with Crippen molar-refractivity contribution < 1.29 is 4.79 Å². The van der Waals surface area contributed by atoms with Crippen molar-refractivity contribution in [3.63, 3.8) is 0 Å². The van der Waals surface area contributed by atoms with E-state index in [0.717, 1.165) is 12.0 Å². The summed E-state index contributed by atoms with van der Waals surface area (Å²) in [6, 6.07) is 14.8. The van der Waals surface area contributed by atoms with Crippen LogP contribution in [0.5, 0.6) is 0 Å². The van der Waals surface area contributed by atoms with Crippen LogP contribution < -0.4 is 10.9 Å². The monoisotopic (exact) mass is 367 g/mol. The number of rotatable bonds is 5. The summed E-state index contributed by atoms with van der Waals surface area (Å²) in [4.78, 5) is 30.2. The second-order valence-electron chi connectivity index (χ2n) is 6.73. The zero-order chi connectivity index (χ0) is 18.7. The molecule has 134 valence electrons. The molecule has 0 saturated heterocycles. The molecule has 0 radical (unpaired) electrons. The van der Waals surface area contributed by atoms with E-state index >= 15 is 0 Å². The molecule has 0 aliphatic carbocycles. The number of nitrogens with one attached hydrogen (secondary N) is 3. The predicted molar refractivity (Wildman–Crippen MR) is 106 cm³/mol. The van der Waals surface area contributed by atoms with Gasteiger partial charge >= 0.3 is 0 Å². The Hall–Kier alpha value is -2.73. The highest BCUT2D eigenvalue weighted by Gasteiger charge is 2.17. The number of carbonyl (C=O) groups excluding carboxylic acids is 1. The Labute approximate surface area is 156 Å². The van der Waals surface area contributed by atoms with Gasteiger partial charge in [-0.3, -0.25) is 14.6 Å². The molecule has 3 rings (SSSR count). The zero-order valence-electron chi connectivity index (χ0n) is 14.7. The Morgan fingerprint density at radius 1 is 1.12 bits per heavy atom. The first kappa shape index (κ1) is 18.1. The molecule has 1 heterocycles. The summed E-state index contributed by atoms with van der Waals surface area (Å²) in [5.74, 6) is 0.257. The summed E-state index contributed by atoms with van der Waals surface area (Å²) < 4.78 is 0.238. The van der Waals surface area contributed by atoms with Gasteiger partial charge in [0.25, 0.3) is 11.5 Å². The number of aromatic amines is 2. The van der Waals surface area contributed by atoms with Crippen molar-refractivity contribution in [3.8, 4) is 0 Å². The minimum absolute atomic E-state index is 0.0722. The number of benzene rings is 2. The van der Waals surface area contributed by atoms with E-state index in [2.05, 4.69) is 29.1 Å². The fraction of sp³-hybridized carbons (Fsp3) is 0.250. The topological polar surface area (TPSA) is 77.8 Å². The molecule has 0 bridgehead atoms. The van der Waals surface area contributed by atoms with Gasteiger partial charge in [0.05, 0.1) is 16.9 Å². The van der Waals surface area contributed by atoms with Crippen molar-refractivity contribution in [2.24, 2.45) is 5.92 Å². The summed E-state index contributed by atoms with van der Waals surface area (Å²) in [6.45, 7) is 4.26. The van der Waals surface area contributed by atoms with Gasteiger partial charge in [-0.1, -0.05) is 44.2 Å². The summed E-state index contributed by atoms with van der Waals surface area (Å²) in [7, 11) is 0. The fourth-order valence-electron chi connectivity index (χ4n) is 2.99. The van der Waals surface area contributed by atoms with Gasteiger partial charge in [-0.15, -0.1) is 0 Å². The molecule has 3 N–H and O–H groups in total. The summed E-state index contributed by atoms with van der Waals surface area (Å²) in [5, 5.41) is 3.58. The lowest BCUT2D eigenvalue weighted by molar-refractivity contribution is 0.0932. The maximum Gasteiger partial charge on any atom is 0.259 e. The lowest BCUT2D eigenvalue weighted by Crippen LogP contribution is -2.29. The molecule has 1 amide bonds. The van der Waals surface area contributed by atoms with Crippen LogP contribution in [0.4, 0.5) is 0 Å². The largest absolute Gasteiger partial charge is 0.345 e. The van der Waals surface area contributed by atoms with Crippen molar-refractivity contribution in [2.45, 2.75) is 26.3 Å². The molecule has 26 heavy (non-hydrogen) atoms. The molecule has 1 atom stereocenters. The molecule has 2 aromatic carbocycles. The maximum absolute atomic E-state index is 12.8. The molecule has 0 fully saturated rings. The number of hydrogen-bond donors (Lipinski definition) is 3. The van der Waals surface area contributed by atoms with Crippen LogP contribution in [0.3, 0.4) is 0 Å². The third-order valence-corrected chi connectivity index (χ3v) is 4.42. The summed E-state index contributed by atoms with van der Waals surface area (Å²) in [6.07, 6.45) is 0.839. The van der Waals surface area contributed by atoms with Crippen LogP contribution in [-0.4, -0.2) is 15.9 Å². The lowest BCUT2D eigenvalue weighted by Gasteiger charge is -2.21. The van der Waals surface area contributed by atoms with Gasteiger partial charge in [-0.05, 0) is 48.3 Å². The van der Waals surface area contributed by atoms with Crippen LogP contribution in [0.1, 0.15) is 42.2 Å². The number of H-pyrrole nitrogens is 2. The van der Waals surface area contributed by atoms with Crippen LogP contribution in [0, 0.1) is 10.7 Å². The van der Waals surface area contributed by atoms with Crippen LogP contribution >= 0.6 is 12.2 Å². The number of carbonyl (C=O) groups is 1. The predicted octanol–water partition coefficient (Wildman–Crippen LogP) is 4.10. The second kappa shape index (κ2) is 7.66. The number of fused-ring (bicyclic) bond motifs is 1. The minimum Gasteiger partial charge on any atom is -0.345 e. The van der Waals surface area contributed by atoms with Crippen molar-refractivity contribution in [1.29, 1.82) is 0 Å². The summed E-state index contributed by atoms with van der Waals surface area (Å²) >= 11 is 5.01. The highest BCUT2D eigenvalue weighted by atomic mass is 32.1.